The van der Waals surface area contributed by atoms with Crippen molar-refractivity contribution in [2.75, 3.05) is 39.4 Å². The van der Waals surface area contributed by atoms with Crippen molar-refractivity contribution in [3.63, 3.8) is 0 Å². The summed E-state index contributed by atoms with van der Waals surface area (Å²) in [6.07, 6.45) is 6.27. The molecule has 2 saturated heterocycles. The summed E-state index contributed by atoms with van der Waals surface area (Å²) < 4.78 is 11.3. The van der Waals surface area contributed by atoms with E-state index in [4.69, 9.17) is 9.47 Å². The van der Waals surface area contributed by atoms with Crippen molar-refractivity contribution < 1.29 is 19.1 Å². The molecule has 1 aliphatic carbocycles. The molecule has 3 aliphatic rings. The van der Waals surface area contributed by atoms with E-state index in [0.29, 0.717) is 42.5 Å². The number of amides is 2. The van der Waals surface area contributed by atoms with E-state index < -0.39 is 0 Å². The fourth-order valence-electron chi connectivity index (χ4n) is 4.67. The quantitative estimate of drug-likeness (QED) is 0.720. The molecule has 7 nitrogen and oxygen atoms in total. The highest BCUT2D eigenvalue weighted by atomic mass is 16.6. The number of likely N-dealkylation sites (tertiary alicyclic amines) is 2. The zero-order valence-electron chi connectivity index (χ0n) is 18.6. The molecular formula is C24H35N3O4. The van der Waals surface area contributed by atoms with E-state index in [2.05, 4.69) is 10.2 Å². The average Bonchev–Trinajstić information content (AvgIpc) is 3.62. The summed E-state index contributed by atoms with van der Waals surface area (Å²) in [5.74, 6) is 1.11. The number of nitrogens with one attached hydrogen (secondary N) is 1. The Hall–Kier alpha value is -2.28. The number of benzene rings is 1. The minimum Gasteiger partial charge on any atom is -0.492 e. The molecule has 2 amide bonds. The standard InChI is InChI=1S/C24H35N3O4/c1-2-30-24(29)26-14-11-20(12-15-26)27-13-5-6-18(16-27)17-31-22-8-4-3-7-21(22)23(28)25-19-9-10-19/h3-4,7-8,18-20H,2,5-6,9-17H2,1H3,(H,25,28). The first-order valence-electron chi connectivity index (χ1n) is 11.8. The third-order valence-electron chi connectivity index (χ3n) is 6.58. The molecule has 170 valence electrons. The van der Waals surface area contributed by atoms with Gasteiger partial charge < -0.3 is 19.7 Å². The first-order valence-corrected chi connectivity index (χ1v) is 11.8. The molecule has 1 aromatic carbocycles. The van der Waals surface area contributed by atoms with E-state index in [0.717, 1.165) is 64.7 Å². The van der Waals surface area contributed by atoms with Crippen LogP contribution in [-0.4, -0.2) is 73.3 Å². The molecule has 1 saturated carbocycles. The fraction of sp³-hybridized carbons (Fsp3) is 0.667. The largest absolute Gasteiger partial charge is 0.492 e. The number of nitrogens with zero attached hydrogens (tertiary/aromatic N) is 2. The third-order valence-corrected chi connectivity index (χ3v) is 6.58. The molecule has 4 rings (SSSR count). The van der Waals surface area contributed by atoms with Gasteiger partial charge in [-0.25, -0.2) is 4.79 Å². The minimum atomic E-state index is -0.185. The van der Waals surface area contributed by atoms with Crippen LogP contribution in [0.3, 0.4) is 0 Å². The highest BCUT2D eigenvalue weighted by Gasteiger charge is 2.31. The number of hydrogen-bond donors (Lipinski definition) is 1. The van der Waals surface area contributed by atoms with E-state index in [1.165, 1.54) is 0 Å². The normalized spacial score (nSPS) is 22.7. The smallest absolute Gasteiger partial charge is 0.409 e. The molecule has 1 N–H and O–H groups in total. The van der Waals surface area contributed by atoms with Crippen LogP contribution in [0.4, 0.5) is 4.79 Å². The maximum atomic E-state index is 12.5. The monoisotopic (exact) mass is 429 g/mol. The number of hydrogen-bond acceptors (Lipinski definition) is 5. The summed E-state index contributed by atoms with van der Waals surface area (Å²) in [5.41, 5.74) is 0.633. The SMILES string of the molecule is CCOC(=O)N1CCC(N2CCCC(COc3ccccc3C(=O)NC3CC3)C2)CC1. The Bertz CT molecular complexity index is 759. The lowest BCUT2D eigenvalue weighted by Gasteiger charge is -2.42. The fourth-order valence-corrected chi connectivity index (χ4v) is 4.67. The van der Waals surface area contributed by atoms with Crippen LogP contribution in [0.2, 0.25) is 0 Å². The Balaban J connectivity index is 1.26. The second-order valence-electron chi connectivity index (χ2n) is 8.98. The maximum absolute atomic E-state index is 12.5. The number of carbonyl (C=O) groups is 2. The number of piperidine rings is 2. The van der Waals surface area contributed by atoms with Crippen LogP contribution in [0.1, 0.15) is 55.8 Å². The topological polar surface area (TPSA) is 71.1 Å². The van der Waals surface area contributed by atoms with Gasteiger partial charge in [0.1, 0.15) is 5.75 Å². The molecule has 2 aliphatic heterocycles. The second-order valence-corrected chi connectivity index (χ2v) is 8.98. The van der Waals surface area contributed by atoms with Crippen molar-refractivity contribution >= 4 is 12.0 Å². The molecule has 3 fully saturated rings. The summed E-state index contributed by atoms with van der Waals surface area (Å²) in [4.78, 5) is 28.8. The first-order chi connectivity index (χ1) is 15.1. The molecule has 1 aromatic rings. The summed E-state index contributed by atoms with van der Waals surface area (Å²) >= 11 is 0. The Morgan fingerprint density at radius 2 is 1.84 bits per heavy atom. The molecule has 2 heterocycles. The van der Waals surface area contributed by atoms with E-state index in [-0.39, 0.29) is 12.0 Å². The van der Waals surface area contributed by atoms with Crippen LogP contribution < -0.4 is 10.1 Å². The van der Waals surface area contributed by atoms with Crippen molar-refractivity contribution in [1.29, 1.82) is 0 Å². The molecule has 0 radical (unpaired) electrons. The second kappa shape index (κ2) is 10.4. The molecule has 0 aromatic heterocycles. The molecule has 0 bridgehead atoms. The number of rotatable bonds is 7. The lowest BCUT2D eigenvalue weighted by atomic mass is 9.94. The summed E-state index contributed by atoms with van der Waals surface area (Å²) in [6.45, 7) is 6.57. The predicted molar refractivity (Wildman–Crippen MR) is 118 cm³/mol. The van der Waals surface area contributed by atoms with Gasteiger partial charge in [0.25, 0.3) is 5.91 Å². The Morgan fingerprint density at radius 1 is 1.06 bits per heavy atom. The Labute approximate surface area is 185 Å². The van der Waals surface area contributed by atoms with Crippen LogP contribution in [-0.2, 0) is 4.74 Å². The van der Waals surface area contributed by atoms with Gasteiger partial charge in [-0.15, -0.1) is 0 Å². The van der Waals surface area contributed by atoms with Crippen LogP contribution in [0, 0.1) is 5.92 Å². The van der Waals surface area contributed by atoms with Gasteiger partial charge >= 0.3 is 6.09 Å². The average molecular weight is 430 g/mol. The summed E-state index contributed by atoms with van der Waals surface area (Å²) in [6, 6.07) is 8.41. The lowest BCUT2D eigenvalue weighted by Crippen LogP contribution is -2.50. The molecule has 1 unspecified atom stereocenters. The molecular weight excluding hydrogens is 394 g/mol. The number of carbonyl (C=O) groups excluding carboxylic acids is 2. The highest BCUT2D eigenvalue weighted by molar-refractivity contribution is 5.97. The molecule has 0 spiro atoms. The van der Waals surface area contributed by atoms with Crippen molar-refractivity contribution in [3.05, 3.63) is 29.8 Å². The molecule has 7 heteroatoms. The van der Waals surface area contributed by atoms with Crippen LogP contribution in [0.5, 0.6) is 5.75 Å². The van der Waals surface area contributed by atoms with Crippen LogP contribution in [0.25, 0.3) is 0 Å². The van der Waals surface area contributed by atoms with Crippen molar-refractivity contribution in [3.8, 4) is 5.75 Å². The number of ether oxygens (including phenoxy) is 2. The minimum absolute atomic E-state index is 0.0308. The van der Waals surface area contributed by atoms with Gasteiger partial charge in [0, 0.05) is 37.6 Å². The molecule has 1 atom stereocenters. The third kappa shape index (κ3) is 5.91. The maximum Gasteiger partial charge on any atom is 0.409 e. The summed E-state index contributed by atoms with van der Waals surface area (Å²) in [5, 5.41) is 3.05. The lowest BCUT2D eigenvalue weighted by molar-refractivity contribution is 0.0494. The van der Waals surface area contributed by atoms with Gasteiger partial charge in [-0.1, -0.05) is 12.1 Å². The van der Waals surface area contributed by atoms with E-state index >= 15 is 0 Å². The van der Waals surface area contributed by atoms with Gasteiger partial charge in [0.2, 0.25) is 0 Å². The van der Waals surface area contributed by atoms with Gasteiger partial charge in [0.05, 0.1) is 18.8 Å². The van der Waals surface area contributed by atoms with Gasteiger partial charge in [-0.05, 0) is 64.1 Å². The highest BCUT2D eigenvalue weighted by Crippen LogP contribution is 2.27. The van der Waals surface area contributed by atoms with Crippen LogP contribution in [0.15, 0.2) is 24.3 Å². The summed E-state index contributed by atoms with van der Waals surface area (Å²) in [7, 11) is 0. The van der Waals surface area contributed by atoms with Gasteiger partial charge in [-0.2, -0.15) is 0 Å². The zero-order valence-corrected chi connectivity index (χ0v) is 18.6. The first kappa shape index (κ1) is 21.9. The van der Waals surface area contributed by atoms with Crippen molar-refractivity contribution in [1.82, 2.24) is 15.1 Å². The Kier molecular flexibility index (Phi) is 7.33. The zero-order chi connectivity index (χ0) is 21.6. The van der Waals surface area contributed by atoms with Gasteiger partial charge in [0.15, 0.2) is 0 Å². The van der Waals surface area contributed by atoms with Crippen molar-refractivity contribution in [2.45, 2.75) is 57.5 Å². The van der Waals surface area contributed by atoms with E-state index in [1.807, 2.05) is 36.1 Å². The Morgan fingerprint density at radius 3 is 2.58 bits per heavy atom. The predicted octanol–water partition coefficient (Wildman–Crippen LogP) is 3.29. The van der Waals surface area contributed by atoms with Crippen molar-refractivity contribution in [2.24, 2.45) is 5.92 Å². The van der Waals surface area contributed by atoms with Crippen LogP contribution >= 0.6 is 0 Å². The number of para-hydroxylation sites is 1. The molecule has 31 heavy (non-hydrogen) atoms. The van der Waals surface area contributed by atoms with E-state index in [1.54, 1.807) is 0 Å². The van der Waals surface area contributed by atoms with Gasteiger partial charge in [-0.3, -0.25) is 9.69 Å². The van der Waals surface area contributed by atoms with E-state index in [9.17, 15) is 9.59 Å².